The van der Waals surface area contributed by atoms with E-state index in [-0.39, 0.29) is 0 Å². The second kappa shape index (κ2) is 7.20. The number of ether oxygens (including phenoxy) is 1. The topological polar surface area (TPSA) is 40.7 Å². The summed E-state index contributed by atoms with van der Waals surface area (Å²) in [6.07, 6.45) is 4.02. The average Bonchev–Trinajstić information content (AvgIpc) is 2.93. The van der Waals surface area contributed by atoms with E-state index < -0.39 is 0 Å². The molecule has 0 N–H and O–H groups in total. The fraction of sp³-hybridized carbons (Fsp3) is 0.250. The number of aromatic nitrogens is 1. The van der Waals surface area contributed by atoms with Crippen LogP contribution in [0.3, 0.4) is 0 Å². The highest BCUT2D eigenvalue weighted by molar-refractivity contribution is 5.65. The number of hydrogen-bond acceptors (Lipinski definition) is 3. The Balaban J connectivity index is 1.73. The molecule has 0 fully saturated rings. The van der Waals surface area contributed by atoms with Gasteiger partial charge in [0.05, 0.1) is 17.7 Å². The van der Waals surface area contributed by atoms with E-state index >= 15 is 0 Å². The van der Waals surface area contributed by atoms with Crippen LogP contribution in [0, 0.1) is 11.3 Å². The Hall–Kier alpha value is -2.77. The summed E-state index contributed by atoms with van der Waals surface area (Å²) < 4.78 is 7.49. The largest absolute Gasteiger partial charge is 0.494 e. The minimum atomic E-state index is 0.679. The number of rotatable bonds is 6. The standard InChI is InChI=1S/C20H21N3O/c1-3-24-18-9-7-16(8-10-18)13-22(2)14-17-15-23-11-5-4-6-20(23)19(17)12-21/h4-11,15H,3,13-14H2,1-2H3. The molecule has 1 aromatic carbocycles. The molecule has 0 saturated heterocycles. The molecule has 3 aromatic rings. The normalized spacial score (nSPS) is 10.9. The van der Waals surface area contributed by atoms with Crippen LogP contribution in [0.25, 0.3) is 5.52 Å². The van der Waals surface area contributed by atoms with Crippen molar-refractivity contribution < 1.29 is 4.74 Å². The number of hydrogen-bond donors (Lipinski definition) is 0. The Morgan fingerprint density at radius 1 is 1.12 bits per heavy atom. The first-order valence-corrected chi connectivity index (χ1v) is 8.10. The molecule has 0 aliphatic carbocycles. The van der Waals surface area contributed by atoms with Crippen molar-refractivity contribution in [1.29, 1.82) is 5.26 Å². The molecule has 4 heteroatoms. The quantitative estimate of drug-likeness (QED) is 0.693. The van der Waals surface area contributed by atoms with Crippen molar-refractivity contribution in [1.82, 2.24) is 9.30 Å². The zero-order chi connectivity index (χ0) is 16.9. The van der Waals surface area contributed by atoms with Crippen molar-refractivity contribution in [2.45, 2.75) is 20.0 Å². The lowest BCUT2D eigenvalue weighted by Crippen LogP contribution is -2.17. The molecule has 0 amide bonds. The second-order valence-corrected chi connectivity index (χ2v) is 5.88. The summed E-state index contributed by atoms with van der Waals surface area (Å²) in [5.74, 6) is 0.898. The Morgan fingerprint density at radius 3 is 2.62 bits per heavy atom. The lowest BCUT2D eigenvalue weighted by atomic mass is 10.1. The Morgan fingerprint density at radius 2 is 1.92 bits per heavy atom. The predicted molar refractivity (Wildman–Crippen MR) is 94.9 cm³/mol. The van der Waals surface area contributed by atoms with E-state index in [1.165, 1.54) is 5.56 Å². The highest BCUT2D eigenvalue weighted by Crippen LogP contribution is 2.20. The molecular weight excluding hydrogens is 298 g/mol. The fourth-order valence-corrected chi connectivity index (χ4v) is 2.94. The van der Waals surface area contributed by atoms with Crippen LogP contribution < -0.4 is 4.74 Å². The number of fused-ring (bicyclic) bond motifs is 1. The minimum Gasteiger partial charge on any atom is -0.494 e. The van der Waals surface area contributed by atoms with Crippen molar-refractivity contribution in [3.05, 3.63) is 71.5 Å². The molecule has 3 rings (SSSR count). The molecule has 2 heterocycles. The molecule has 0 spiro atoms. The maximum absolute atomic E-state index is 9.49. The van der Waals surface area contributed by atoms with Gasteiger partial charge in [0.2, 0.25) is 0 Å². The minimum absolute atomic E-state index is 0.679. The molecule has 2 aromatic heterocycles. The first-order chi connectivity index (χ1) is 11.7. The van der Waals surface area contributed by atoms with Crippen LogP contribution in [0.2, 0.25) is 0 Å². The van der Waals surface area contributed by atoms with E-state index in [0.29, 0.717) is 6.61 Å². The van der Waals surface area contributed by atoms with Crippen LogP contribution in [-0.4, -0.2) is 23.0 Å². The van der Waals surface area contributed by atoms with Crippen LogP contribution in [0.15, 0.2) is 54.9 Å². The lowest BCUT2D eigenvalue weighted by Gasteiger charge is -2.16. The van der Waals surface area contributed by atoms with Gasteiger partial charge in [-0.25, -0.2) is 0 Å². The van der Waals surface area contributed by atoms with E-state index in [1.54, 1.807) is 0 Å². The summed E-state index contributed by atoms with van der Waals surface area (Å²) in [6, 6.07) is 16.4. The van der Waals surface area contributed by atoms with Gasteiger partial charge in [0.25, 0.3) is 0 Å². The van der Waals surface area contributed by atoms with Gasteiger partial charge in [-0.05, 0) is 43.8 Å². The van der Waals surface area contributed by atoms with Gasteiger partial charge in [-0.2, -0.15) is 5.26 Å². The zero-order valence-corrected chi connectivity index (χ0v) is 14.1. The third-order valence-corrected chi connectivity index (χ3v) is 4.00. The van der Waals surface area contributed by atoms with Gasteiger partial charge in [0.15, 0.2) is 0 Å². The van der Waals surface area contributed by atoms with Gasteiger partial charge in [-0.15, -0.1) is 0 Å². The van der Waals surface area contributed by atoms with Crippen molar-refractivity contribution in [2.24, 2.45) is 0 Å². The van der Waals surface area contributed by atoms with Gasteiger partial charge < -0.3 is 9.14 Å². The first kappa shape index (κ1) is 16.1. The molecule has 24 heavy (non-hydrogen) atoms. The molecule has 4 nitrogen and oxygen atoms in total. The molecule has 0 unspecified atom stereocenters. The number of nitriles is 1. The van der Waals surface area contributed by atoms with Crippen molar-refractivity contribution in [3.8, 4) is 11.8 Å². The zero-order valence-electron chi connectivity index (χ0n) is 14.1. The monoisotopic (exact) mass is 319 g/mol. The van der Waals surface area contributed by atoms with Crippen molar-refractivity contribution >= 4 is 5.52 Å². The van der Waals surface area contributed by atoms with Gasteiger partial charge >= 0.3 is 0 Å². The maximum atomic E-state index is 9.49. The van der Waals surface area contributed by atoms with Crippen molar-refractivity contribution in [3.63, 3.8) is 0 Å². The Kier molecular flexibility index (Phi) is 4.83. The summed E-state index contributed by atoms with van der Waals surface area (Å²) in [5, 5.41) is 9.49. The summed E-state index contributed by atoms with van der Waals surface area (Å²) >= 11 is 0. The van der Waals surface area contributed by atoms with Gasteiger partial charge in [0, 0.05) is 31.0 Å². The fourth-order valence-electron chi connectivity index (χ4n) is 2.94. The first-order valence-electron chi connectivity index (χ1n) is 8.10. The molecular formula is C20H21N3O. The molecule has 0 aliphatic heterocycles. The molecule has 0 bridgehead atoms. The van der Waals surface area contributed by atoms with Crippen LogP contribution in [0.4, 0.5) is 0 Å². The smallest absolute Gasteiger partial charge is 0.119 e. The number of pyridine rings is 1. The van der Waals surface area contributed by atoms with Crippen LogP contribution in [0.1, 0.15) is 23.6 Å². The second-order valence-electron chi connectivity index (χ2n) is 5.88. The number of nitrogens with zero attached hydrogens (tertiary/aromatic N) is 3. The predicted octanol–water partition coefficient (Wildman–Crippen LogP) is 3.84. The molecule has 0 aliphatic rings. The molecule has 0 radical (unpaired) electrons. The summed E-state index contributed by atoms with van der Waals surface area (Å²) in [6.45, 7) is 4.22. The van der Waals surface area contributed by atoms with E-state index in [0.717, 1.165) is 35.5 Å². The molecule has 122 valence electrons. The summed E-state index contributed by atoms with van der Waals surface area (Å²) in [5.41, 5.74) is 4.00. The average molecular weight is 319 g/mol. The SMILES string of the molecule is CCOc1ccc(CN(C)Cc2cn3ccccc3c2C#N)cc1. The van der Waals surface area contributed by atoms with Crippen LogP contribution in [-0.2, 0) is 13.1 Å². The highest BCUT2D eigenvalue weighted by atomic mass is 16.5. The van der Waals surface area contributed by atoms with Crippen LogP contribution >= 0.6 is 0 Å². The van der Waals surface area contributed by atoms with E-state index in [9.17, 15) is 5.26 Å². The molecule has 0 atom stereocenters. The summed E-state index contributed by atoms with van der Waals surface area (Å²) in [4.78, 5) is 2.21. The summed E-state index contributed by atoms with van der Waals surface area (Å²) in [7, 11) is 2.07. The van der Waals surface area contributed by atoms with Gasteiger partial charge in [-0.3, -0.25) is 4.90 Å². The number of benzene rings is 1. The van der Waals surface area contributed by atoms with Crippen molar-refractivity contribution in [2.75, 3.05) is 13.7 Å². The highest BCUT2D eigenvalue weighted by Gasteiger charge is 2.12. The lowest BCUT2D eigenvalue weighted by molar-refractivity contribution is 0.318. The third-order valence-electron chi connectivity index (χ3n) is 4.00. The molecule has 0 saturated carbocycles. The van der Waals surface area contributed by atoms with E-state index in [4.69, 9.17) is 4.74 Å². The van der Waals surface area contributed by atoms with E-state index in [1.807, 2.05) is 54.0 Å². The maximum Gasteiger partial charge on any atom is 0.119 e. The Bertz CT molecular complexity index is 859. The Labute approximate surface area is 142 Å². The van der Waals surface area contributed by atoms with Gasteiger partial charge in [0.1, 0.15) is 11.8 Å². The van der Waals surface area contributed by atoms with Crippen LogP contribution in [0.5, 0.6) is 5.75 Å². The van der Waals surface area contributed by atoms with Gasteiger partial charge in [-0.1, -0.05) is 18.2 Å². The van der Waals surface area contributed by atoms with E-state index in [2.05, 4.69) is 30.1 Å². The third kappa shape index (κ3) is 3.42.